The van der Waals surface area contributed by atoms with Gasteiger partial charge in [-0.05, 0) is 19.4 Å². The fourth-order valence-corrected chi connectivity index (χ4v) is 3.41. The molecule has 0 N–H and O–H groups in total. The molecule has 0 atom stereocenters. The second-order valence-corrected chi connectivity index (χ2v) is 5.95. The van der Waals surface area contributed by atoms with E-state index in [-0.39, 0.29) is 18.8 Å². The molecule has 0 fully saturated rings. The number of benzene rings is 1. The van der Waals surface area contributed by atoms with Crippen molar-refractivity contribution in [2.45, 2.75) is 20.4 Å². The Labute approximate surface area is 118 Å². The summed E-state index contributed by atoms with van der Waals surface area (Å²) in [6, 6.07) is 9.76. The topological polar surface area (TPSA) is 66.2 Å². The van der Waals surface area contributed by atoms with Crippen LogP contribution in [0.2, 0.25) is 0 Å². The molecule has 108 valence electrons. The predicted octanol–water partition coefficient (Wildman–Crippen LogP) is 2.22. The van der Waals surface area contributed by atoms with Crippen LogP contribution in [0.4, 0.5) is 0 Å². The molecule has 6 nitrogen and oxygen atoms in total. The molecule has 0 saturated heterocycles. The highest BCUT2D eigenvalue weighted by Crippen LogP contribution is 2.45. The fraction of sp³-hybridized carbons (Fsp3) is 0.385. The molecule has 0 bridgehead atoms. The van der Waals surface area contributed by atoms with Crippen molar-refractivity contribution in [1.29, 1.82) is 0 Å². The van der Waals surface area contributed by atoms with Gasteiger partial charge in [0.2, 0.25) is 5.57 Å². The zero-order valence-electron chi connectivity index (χ0n) is 11.6. The van der Waals surface area contributed by atoms with Crippen LogP contribution in [-0.2, 0) is 20.2 Å². The SMILES string of the molecule is CCOP(=O)(OCC)c1ncnn1Cc1ccccc1. The molecule has 1 aromatic carbocycles. The molecule has 2 rings (SSSR count). The lowest BCUT2D eigenvalue weighted by Crippen LogP contribution is -2.24. The second kappa shape index (κ2) is 6.79. The first kappa shape index (κ1) is 14.9. The van der Waals surface area contributed by atoms with Crippen LogP contribution in [0.1, 0.15) is 19.4 Å². The maximum atomic E-state index is 12.7. The molecule has 0 aliphatic carbocycles. The van der Waals surface area contributed by atoms with Crippen LogP contribution < -0.4 is 5.57 Å². The third-order valence-electron chi connectivity index (χ3n) is 2.61. The molecule has 0 aliphatic heterocycles. The molecular formula is C13H18N3O3P. The van der Waals surface area contributed by atoms with Gasteiger partial charge in [-0.2, -0.15) is 5.10 Å². The molecule has 1 heterocycles. The van der Waals surface area contributed by atoms with Crippen molar-refractivity contribution < 1.29 is 13.6 Å². The highest BCUT2D eigenvalue weighted by molar-refractivity contribution is 7.61. The average molecular weight is 295 g/mol. The van der Waals surface area contributed by atoms with Gasteiger partial charge in [0.1, 0.15) is 6.33 Å². The minimum absolute atomic E-state index is 0.241. The number of rotatable bonds is 7. The minimum Gasteiger partial charge on any atom is -0.303 e. The van der Waals surface area contributed by atoms with Gasteiger partial charge in [-0.25, -0.2) is 9.67 Å². The highest BCUT2D eigenvalue weighted by Gasteiger charge is 2.32. The molecule has 0 unspecified atom stereocenters. The smallest absolute Gasteiger partial charge is 0.303 e. The number of hydrogen-bond acceptors (Lipinski definition) is 5. The summed E-state index contributed by atoms with van der Waals surface area (Å²) < 4.78 is 24.9. The molecular weight excluding hydrogens is 277 g/mol. The van der Waals surface area contributed by atoms with Gasteiger partial charge < -0.3 is 9.05 Å². The van der Waals surface area contributed by atoms with Crippen molar-refractivity contribution in [3.8, 4) is 0 Å². The van der Waals surface area contributed by atoms with E-state index in [0.29, 0.717) is 6.54 Å². The summed E-state index contributed by atoms with van der Waals surface area (Å²) in [4.78, 5) is 4.06. The fourth-order valence-electron chi connectivity index (χ4n) is 1.83. The Morgan fingerprint density at radius 1 is 1.15 bits per heavy atom. The predicted molar refractivity (Wildman–Crippen MR) is 76.1 cm³/mol. The van der Waals surface area contributed by atoms with E-state index in [1.54, 1.807) is 18.5 Å². The van der Waals surface area contributed by atoms with E-state index in [0.717, 1.165) is 5.56 Å². The largest absolute Gasteiger partial charge is 0.398 e. The molecule has 0 amide bonds. The Bertz CT molecular complexity index is 576. The zero-order valence-corrected chi connectivity index (χ0v) is 12.5. The number of aromatic nitrogens is 3. The van der Waals surface area contributed by atoms with Crippen molar-refractivity contribution in [1.82, 2.24) is 14.8 Å². The molecule has 20 heavy (non-hydrogen) atoms. The van der Waals surface area contributed by atoms with E-state index in [1.807, 2.05) is 30.3 Å². The summed E-state index contributed by atoms with van der Waals surface area (Å²) in [6.07, 6.45) is 1.36. The van der Waals surface area contributed by atoms with Gasteiger partial charge >= 0.3 is 7.60 Å². The molecule has 1 aromatic heterocycles. The maximum Gasteiger partial charge on any atom is 0.398 e. The van der Waals surface area contributed by atoms with E-state index in [4.69, 9.17) is 9.05 Å². The van der Waals surface area contributed by atoms with Gasteiger partial charge in [0.25, 0.3) is 0 Å². The Morgan fingerprint density at radius 2 is 1.80 bits per heavy atom. The standard InChI is InChI=1S/C13H18N3O3P/c1-3-18-20(17,19-4-2)13-14-11-15-16(13)10-12-8-6-5-7-9-12/h5-9,11H,3-4,10H2,1-2H3. The van der Waals surface area contributed by atoms with Crippen LogP contribution in [0.5, 0.6) is 0 Å². The normalized spacial score (nSPS) is 11.7. The summed E-state index contributed by atoms with van der Waals surface area (Å²) in [6.45, 7) is 4.58. The van der Waals surface area contributed by atoms with Crippen LogP contribution in [0, 0.1) is 0 Å². The van der Waals surface area contributed by atoms with E-state index in [2.05, 4.69) is 10.1 Å². The van der Waals surface area contributed by atoms with Crippen LogP contribution in [0.25, 0.3) is 0 Å². The monoisotopic (exact) mass is 295 g/mol. The van der Waals surface area contributed by atoms with Crippen molar-refractivity contribution in [3.63, 3.8) is 0 Å². The first-order valence-corrected chi connectivity index (χ1v) is 8.05. The third kappa shape index (κ3) is 3.33. The summed E-state index contributed by atoms with van der Waals surface area (Å²) >= 11 is 0. The van der Waals surface area contributed by atoms with Gasteiger partial charge in [-0.1, -0.05) is 30.3 Å². The lowest BCUT2D eigenvalue weighted by atomic mass is 10.2. The van der Waals surface area contributed by atoms with Crippen LogP contribution in [-0.4, -0.2) is 28.0 Å². The van der Waals surface area contributed by atoms with E-state index < -0.39 is 7.60 Å². The van der Waals surface area contributed by atoms with Crippen LogP contribution >= 0.6 is 7.60 Å². The lowest BCUT2D eigenvalue weighted by molar-refractivity contribution is 0.227. The number of hydrogen-bond donors (Lipinski definition) is 0. The summed E-state index contributed by atoms with van der Waals surface area (Å²) in [5.41, 5.74) is 1.28. The minimum atomic E-state index is -3.41. The molecule has 7 heteroatoms. The van der Waals surface area contributed by atoms with Crippen molar-refractivity contribution in [3.05, 3.63) is 42.2 Å². The Balaban J connectivity index is 2.29. The lowest BCUT2D eigenvalue weighted by Gasteiger charge is -2.16. The molecule has 2 aromatic rings. The number of nitrogens with zero attached hydrogens (tertiary/aromatic N) is 3. The van der Waals surface area contributed by atoms with E-state index in [1.165, 1.54) is 6.33 Å². The second-order valence-electron chi connectivity index (χ2n) is 4.04. The molecule has 0 aliphatic rings. The zero-order chi connectivity index (χ0) is 14.4. The Morgan fingerprint density at radius 3 is 2.40 bits per heavy atom. The van der Waals surface area contributed by atoms with Crippen molar-refractivity contribution >= 4 is 13.2 Å². The van der Waals surface area contributed by atoms with Gasteiger partial charge in [-0.15, -0.1) is 0 Å². The Kier molecular flexibility index (Phi) is 5.06. The van der Waals surface area contributed by atoms with Gasteiger partial charge in [0, 0.05) is 0 Å². The van der Waals surface area contributed by atoms with Crippen molar-refractivity contribution in [2.75, 3.05) is 13.2 Å². The quantitative estimate of drug-likeness (QED) is 0.733. The summed E-state index contributed by atoms with van der Waals surface area (Å²) in [7, 11) is -3.41. The van der Waals surface area contributed by atoms with E-state index >= 15 is 0 Å². The maximum absolute atomic E-state index is 12.7. The summed E-state index contributed by atoms with van der Waals surface area (Å²) in [5.74, 6) is 0. The van der Waals surface area contributed by atoms with Crippen LogP contribution in [0.3, 0.4) is 0 Å². The molecule has 0 spiro atoms. The van der Waals surface area contributed by atoms with Crippen LogP contribution in [0.15, 0.2) is 36.7 Å². The van der Waals surface area contributed by atoms with Gasteiger partial charge in [-0.3, -0.25) is 4.57 Å². The Hall–Kier alpha value is -1.49. The average Bonchev–Trinajstić information content (AvgIpc) is 2.89. The van der Waals surface area contributed by atoms with Gasteiger partial charge in [0.15, 0.2) is 0 Å². The molecule has 0 saturated carbocycles. The van der Waals surface area contributed by atoms with E-state index in [9.17, 15) is 4.57 Å². The van der Waals surface area contributed by atoms with Crippen molar-refractivity contribution in [2.24, 2.45) is 0 Å². The third-order valence-corrected chi connectivity index (χ3v) is 4.65. The summed E-state index contributed by atoms with van der Waals surface area (Å²) in [5, 5.41) is 4.12. The first-order chi connectivity index (χ1) is 9.69. The van der Waals surface area contributed by atoms with Gasteiger partial charge in [0.05, 0.1) is 19.8 Å². The first-order valence-electron chi connectivity index (χ1n) is 6.51. The highest BCUT2D eigenvalue weighted by atomic mass is 31.2. The molecule has 0 radical (unpaired) electrons.